The van der Waals surface area contributed by atoms with E-state index in [1.165, 1.54) is 32.4 Å². The molecule has 1 fully saturated rings. The van der Waals surface area contributed by atoms with Crippen LogP contribution in [0.5, 0.6) is 0 Å². The van der Waals surface area contributed by atoms with Crippen molar-refractivity contribution in [3.05, 3.63) is 30.6 Å². The standard InChI is InChI=1S/C18H25N5O/c24-18(6-2-5-13-23-11-3-1-4-12-23)20-17-14-16(21-22-17)15-7-9-19-10-8-15/h7-10,14H,1-6,11-13H2,(H2,20,21,22,24). The van der Waals surface area contributed by atoms with Crippen molar-refractivity contribution < 1.29 is 4.79 Å². The van der Waals surface area contributed by atoms with Crippen molar-refractivity contribution in [2.45, 2.75) is 38.5 Å². The third-order valence-corrected chi connectivity index (χ3v) is 4.40. The predicted molar refractivity (Wildman–Crippen MR) is 94.6 cm³/mol. The Bertz CT molecular complexity index is 634. The van der Waals surface area contributed by atoms with Crippen LogP contribution in [-0.2, 0) is 4.79 Å². The Morgan fingerprint density at radius 1 is 1.17 bits per heavy atom. The van der Waals surface area contributed by atoms with E-state index < -0.39 is 0 Å². The fourth-order valence-corrected chi connectivity index (χ4v) is 3.07. The lowest BCUT2D eigenvalue weighted by Crippen LogP contribution is -2.30. The first kappa shape index (κ1) is 16.6. The highest BCUT2D eigenvalue weighted by molar-refractivity contribution is 5.90. The average Bonchev–Trinajstić information content (AvgIpc) is 3.09. The van der Waals surface area contributed by atoms with Crippen LogP contribution < -0.4 is 5.32 Å². The molecular formula is C18H25N5O. The number of rotatable bonds is 7. The van der Waals surface area contributed by atoms with Crippen LogP contribution in [0.4, 0.5) is 5.82 Å². The Labute approximate surface area is 142 Å². The first-order valence-corrected chi connectivity index (χ1v) is 8.79. The van der Waals surface area contributed by atoms with Gasteiger partial charge in [0.05, 0.1) is 5.69 Å². The fourth-order valence-electron chi connectivity index (χ4n) is 3.07. The smallest absolute Gasteiger partial charge is 0.225 e. The number of piperidine rings is 1. The average molecular weight is 327 g/mol. The van der Waals surface area contributed by atoms with Gasteiger partial charge in [0, 0.05) is 30.4 Å². The van der Waals surface area contributed by atoms with Crippen LogP contribution in [0.25, 0.3) is 11.3 Å². The van der Waals surface area contributed by atoms with Crippen molar-refractivity contribution in [1.29, 1.82) is 0 Å². The van der Waals surface area contributed by atoms with Gasteiger partial charge in [0.2, 0.25) is 5.91 Å². The molecule has 6 nitrogen and oxygen atoms in total. The monoisotopic (exact) mass is 327 g/mol. The van der Waals surface area contributed by atoms with E-state index in [4.69, 9.17) is 0 Å². The van der Waals surface area contributed by atoms with Crippen LogP contribution in [0.1, 0.15) is 38.5 Å². The van der Waals surface area contributed by atoms with Crippen LogP contribution in [0.2, 0.25) is 0 Å². The normalized spacial score (nSPS) is 15.3. The molecule has 1 aliphatic heterocycles. The first-order chi connectivity index (χ1) is 11.8. The third kappa shape index (κ3) is 4.89. The van der Waals surface area contributed by atoms with E-state index in [2.05, 4.69) is 25.4 Å². The summed E-state index contributed by atoms with van der Waals surface area (Å²) in [6.45, 7) is 3.56. The molecule has 0 bridgehead atoms. The van der Waals surface area contributed by atoms with Crippen molar-refractivity contribution in [3.8, 4) is 11.3 Å². The lowest BCUT2D eigenvalue weighted by Gasteiger charge is -2.26. The fraction of sp³-hybridized carbons (Fsp3) is 0.500. The first-order valence-electron chi connectivity index (χ1n) is 8.79. The maximum absolute atomic E-state index is 12.0. The molecule has 0 aliphatic carbocycles. The summed E-state index contributed by atoms with van der Waals surface area (Å²) >= 11 is 0. The summed E-state index contributed by atoms with van der Waals surface area (Å²) in [5, 5.41) is 9.97. The highest BCUT2D eigenvalue weighted by atomic mass is 16.1. The number of unbranched alkanes of at least 4 members (excludes halogenated alkanes) is 1. The van der Waals surface area contributed by atoms with Gasteiger partial charge in [0.1, 0.15) is 5.82 Å². The molecule has 0 aromatic carbocycles. The second-order valence-corrected chi connectivity index (χ2v) is 6.31. The number of amides is 1. The molecule has 6 heteroatoms. The molecule has 1 aliphatic rings. The third-order valence-electron chi connectivity index (χ3n) is 4.40. The van der Waals surface area contributed by atoms with Crippen LogP contribution in [0.3, 0.4) is 0 Å². The number of aromatic nitrogens is 3. The molecule has 128 valence electrons. The van der Waals surface area contributed by atoms with E-state index in [0.717, 1.165) is 30.6 Å². The van der Waals surface area contributed by atoms with Crippen molar-refractivity contribution >= 4 is 11.7 Å². The molecule has 0 unspecified atom stereocenters. The van der Waals surface area contributed by atoms with Gasteiger partial charge in [-0.15, -0.1) is 0 Å². The zero-order chi connectivity index (χ0) is 16.6. The maximum Gasteiger partial charge on any atom is 0.225 e. The minimum absolute atomic E-state index is 0.0403. The van der Waals surface area contributed by atoms with Crippen LogP contribution in [-0.4, -0.2) is 45.6 Å². The summed E-state index contributed by atoms with van der Waals surface area (Å²) in [6.07, 6.45) is 10.0. The van der Waals surface area contributed by atoms with E-state index in [9.17, 15) is 4.79 Å². The van der Waals surface area contributed by atoms with E-state index in [1.807, 2.05) is 18.2 Å². The number of hydrogen-bond acceptors (Lipinski definition) is 4. The molecular weight excluding hydrogens is 302 g/mol. The summed E-state index contributed by atoms with van der Waals surface area (Å²) in [5.74, 6) is 0.682. The predicted octanol–water partition coefficient (Wildman–Crippen LogP) is 3.07. The minimum atomic E-state index is 0.0403. The van der Waals surface area contributed by atoms with E-state index in [-0.39, 0.29) is 5.91 Å². The van der Waals surface area contributed by atoms with Gasteiger partial charge < -0.3 is 10.2 Å². The Balaban J connectivity index is 1.38. The van der Waals surface area contributed by atoms with Gasteiger partial charge in [0.15, 0.2) is 0 Å². The number of pyridine rings is 1. The SMILES string of the molecule is O=C(CCCCN1CCCCC1)Nc1cc(-c2ccncc2)n[nH]1. The largest absolute Gasteiger partial charge is 0.311 e. The number of carbonyl (C=O) groups is 1. The Hall–Kier alpha value is -2.21. The summed E-state index contributed by atoms with van der Waals surface area (Å²) in [5.41, 5.74) is 1.78. The Kier molecular flexibility index (Phi) is 5.96. The van der Waals surface area contributed by atoms with Gasteiger partial charge in [-0.1, -0.05) is 6.42 Å². The van der Waals surface area contributed by atoms with E-state index >= 15 is 0 Å². The van der Waals surface area contributed by atoms with Crippen molar-refractivity contribution in [2.24, 2.45) is 0 Å². The lowest BCUT2D eigenvalue weighted by molar-refractivity contribution is -0.116. The van der Waals surface area contributed by atoms with Crippen LogP contribution in [0, 0.1) is 0 Å². The summed E-state index contributed by atoms with van der Waals surface area (Å²) in [4.78, 5) is 18.5. The number of hydrogen-bond donors (Lipinski definition) is 2. The highest BCUT2D eigenvalue weighted by Crippen LogP contribution is 2.18. The van der Waals surface area contributed by atoms with Crippen molar-refractivity contribution in [1.82, 2.24) is 20.1 Å². The number of nitrogens with one attached hydrogen (secondary N) is 2. The molecule has 2 aromatic rings. The summed E-state index contributed by atoms with van der Waals surface area (Å²) < 4.78 is 0. The van der Waals surface area contributed by atoms with Gasteiger partial charge in [-0.2, -0.15) is 5.10 Å². The van der Waals surface area contributed by atoms with E-state index in [0.29, 0.717) is 12.2 Å². The molecule has 0 saturated carbocycles. The summed E-state index contributed by atoms with van der Waals surface area (Å²) in [6, 6.07) is 5.63. The highest BCUT2D eigenvalue weighted by Gasteiger charge is 2.10. The minimum Gasteiger partial charge on any atom is -0.311 e. The van der Waals surface area contributed by atoms with Gasteiger partial charge >= 0.3 is 0 Å². The molecule has 0 spiro atoms. The second-order valence-electron chi connectivity index (χ2n) is 6.31. The zero-order valence-electron chi connectivity index (χ0n) is 14.0. The van der Waals surface area contributed by atoms with Gasteiger partial charge in [-0.25, -0.2) is 0 Å². The van der Waals surface area contributed by atoms with Crippen molar-refractivity contribution in [2.75, 3.05) is 25.0 Å². The topological polar surface area (TPSA) is 73.9 Å². The second kappa shape index (κ2) is 8.59. The molecule has 1 amide bonds. The number of aromatic amines is 1. The molecule has 0 atom stereocenters. The molecule has 24 heavy (non-hydrogen) atoms. The van der Waals surface area contributed by atoms with Crippen LogP contribution in [0.15, 0.2) is 30.6 Å². The van der Waals surface area contributed by atoms with Crippen LogP contribution >= 0.6 is 0 Å². The molecule has 3 heterocycles. The van der Waals surface area contributed by atoms with Gasteiger partial charge in [-0.3, -0.25) is 14.9 Å². The Morgan fingerprint density at radius 3 is 2.75 bits per heavy atom. The molecule has 2 aromatic heterocycles. The maximum atomic E-state index is 12.0. The summed E-state index contributed by atoms with van der Waals surface area (Å²) in [7, 11) is 0. The molecule has 3 rings (SSSR count). The number of nitrogens with zero attached hydrogens (tertiary/aromatic N) is 3. The molecule has 2 N–H and O–H groups in total. The van der Waals surface area contributed by atoms with E-state index in [1.54, 1.807) is 12.4 Å². The number of H-pyrrole nitrogens is 1. The molecule has 0 radical (unpaired) electrons. The number of likely N-dealkylation sites (tertiary alicyclic amines) is 1. The quantitative estimate of drug-likeness (QED) is 0.767. The Morgan fingerprint density at radius 2 is 1.96 bits per heavy atom. The zero-order valence-corrected chi connectivity index (χ0v) is 14.0. The number of anilines is 1. The van der Waals surface area contributed by atoms with Gasteiger partial charge in [0.25, 0.3) is 0 Å². The van der Waals surface area contributed by atoms with Crippen molar-refractivity contribution in [3.63, 3.8) is 0 Å². The molecule has 1 saturated heterocycles. The van der Waals surface area contributed by atoms with Gasteiger partial charge in [-0.05, 0) is 57.5 Å². The lowest BCUT2D eigenvalue weighted by atomic mass is 10.1. The number of carbonyl (C=O) groups excluding carboxylic acids is 1.